The van der Waals surface area contributed by atoms with Gasteiger partial charge in [0, 0.05) is 12.3 Å². The molecule has 2 aromatic heterocycles. The average molecular weight is 304 g/mol. The lowest BCUT2D eigenvalue weighted by atomic mass is 10.2. The first-order chi connectivity index (χ1) is 10.2. The molecule has 0 radical (unpaired) electrons. The van der Waals surface area contributed by atoms with Crippen molar-refractivity contribution in [1.29, 1.82) is 0 Å². The van der Waals surface area contributed by atoms with Gasteiger partial charge in [-0.05, 0) is 29.8 Å². The van der Waals surface area contributed by atoms with Crippen molar-refractivity contribution in [2.45, 2.75) is 0 Å². The van der Waals surface area contributed by atoms with E-state index in [2.05, 4.69) is 9.98 Å². The van der Waals surface area contributed by atoms with Crippen LogP contribution in [0.25, 0.3) is 6.08 Å². The molecule has 0 fully saturated rings. The molecule has 0 spiro atoms. The topological polar surface area (TPSA) is 60.8 Å². The first kappa shape index (κ1) is 13.4. The number of nitrogens with zero attached hydrogens (tertiary/aromatic N) is 2. The number of carbonyl (C=O) groups is 1. The van der Waals surface area contributed by atoms with Gasteiger partial charge >= 0.3 is 5.97 Å². The lowest BCUT2D eigenvalue weighted by molar-refractivity contribution is -0.129. The Hall–Kier alpha value is -2.54. The van der Waals surface area contributed by atoms with Gasteiger partial charge in [-0.15, -0.1) is 11.3 Å². The van der Waals surface area contributed by atoms with Crippen molar-refractivity contribution < 1.29 is 18.7 Å². The van der Waals surface area contributed by atoms with Gasteiger partial charge in [0.25, 0.3) is 0 Å². The maximum absolute atomic E-state index is 13.0. The van der Waals surface area contributed by atoms with Gasteiger partial charge in [-0.3, -0.25) is 0 Å². The van der Waals surface area contributed by atoms with Crippen LogP contribution in [0.3, 0.4) is 0 Å². The second-order valence-corrected chi connectivity index (χ2v) is 5.11. The third-order valence-electron chi connectivity index (χ3n) is 2.68. The summed E-state index contributed by atoms with van der Waals surface area (Å²) in [6, 6.07) is 6.23. The molecular weight excluding hydrogens is 295 g/mol. The largest absolute Gasteiger partial charge is 0.481 e. The van der Waals surface area contributed by atoms with Crippen LogP contribution in [0.15, 0.2) is 41.2 Å². The van der Waals surface area contributed by atoms with E-state index in [1.165, 1.54) is 19.2 Å². The highest BCUT2D eigenvalue weighted by atomic mass is 32.1. The molecule has 0 atom stereocenters. The Morgan fingerprint density at radius 1 is 1.33 bits per heavy atom. The van der Waals surface area contributed by atoms with E-state index in [0.717, 1.165) is 11.3 Å². The van der Waals surface area contributed by atoms with Gasteiger partial charge in [0.2, 0.25) is 11.8 Å². The van der Waals surface area contributed by atoms with Crippen molar-refractivity contribution in [2.24, 2.45) is 4.99 Å². The van der Waals surface area contributed by atoms with Crippen molar-refractivity contribution in [3.8, 4) is 5.88 Å². The predicted octanol–water partition coefficient (Wildman–Crippen LogP) is 2.64. The molecule has 7 heteroatoms. The second kappa shape index (κ2) is 5.45. The Balaban J connectivity index is 1.88. The Morgan fingerprint density at radius 2 is 2.19 bits per heavy atom. The normalized spacial score (nSPS) is 16.0. The first-order valence-corrected chi connectivity index (χ1v) is 6.75. The fraction of sp³-hybridized carbons (Fsp3) is 0.0714. The van der Waals surface area contributed by atoms with Crippen LogP contribution >= 0.6 is 11.3 Å². The summed E-state index contributed by atoms with van der Waals surface area (Å²) in [4.78, 5) is 20.3. The summed E-state index contributed by atoms with van der Waals surface area (Å²) < 4.78 is 23.0. The Bertz CT molecular complexity index is 750. The lowest BCUT2D eigenvalue weighted by Crippen LogP contribution is -2.03. The number of cyclic esters (lactones) is 1. The van der Waals surface area contributed by atoms with Gasteiger partial charge in [0.05, 0.1) is 12.0 Å². The van der Waals surface area contributed by atoms with E-state index in [4.69, 9.17) is 9.47 Å². The number of ether oxygens (including phenoxy) is 2. The number of aliphatic imine (C=N–C) groups is 1. The minimum absolute atomic E-state index is 0.113. The highest BCUT2D eigenvalue weighted by Gasteiger charge is 2.25. The molecule has 2 aromatic rings. The number of aromatic nitrogens is 1. The zero-order valence-electron chi connectivity index (χ0n) is 10.9. The molecule has 3 heterocycles. The Kier molecular flexibility index (Phi) is 3.49. The van der Waals surface area contributed by atoms with E-state index in [0.29, 0.717) is 16.3 Å². The van der Waals surface area contributed by atoms with E-state index in [-0.39, 0.29) is 16.7 Å². The number of hydrogen-bond donors (Lipinski definition) is 0. The summed E-state index contributed by atoms with van der Waals surface area (Å²) in [5, 5.41) is -0.361. The maximum atomic E-state index is 13.0. The summed E-state index contributed by atoms with van der Waals surface area (Å²) in [6.07, 6.45) is 3.10. The molecule has 0 aromatic carbocycles. The van der Waals surface area contributed by atoms with Gasteiger partial charge in [-0.2, -0.15) is 4.39 Å². The van der Waals surface area contributed by atoms with Crippen LogP contribution in [0.1, 0.15) is 10.4 Å². The molecule has 1 aliphatic heterocycles. The van der Waals surface area contributed by atoms with Crippen LogP contribution in [0.5, 0.6) is 5.88 Å². The van der Waals surface area contributed by atoms with Gasteiger partial charge in [-0.25, -0.2) is 14.8 Å². The number of pyridine rings is 1. The van der Waals surface area contributed by atoms with E-state index >= 15 is 0 Å². The van der Waals surface area contributed by atoms with Crippen molar-refractivity contribution in [3.63, 3.8) is 0 Å². The highest BCUT2D eigenvalue weighted by molar-refractivity contribution is 7.12. The SMILES string of the molecule is COc1ccc(/C=C2/N=C(c3ccc(F)s3)OC2=O)cn1. The molecule has 0 amide bonds. The molecule has 0 unspecified atom stereocenters. The molecule has 3 rings (SSSR count). The van der Waals surface area contributed by atoms with Crippen molar-refractivity contribution in [1.82, 2.24) is 4.98 Å². The second-order valence-electron chi connectivity index (χ2n) is 4.07. The maximum Gasteiger partial charge on any atom is 0.363 e. The Morgan fingerprint density at radius 3 is 2.81 bits per heavy atom. The third kappa shape index (κ3) is 2.82. The van der Waals surface area contributed by atoms with Crippen LogP contribution in [-0.4, -0.2) is 24.0 Å². The lowest BCUT2D eigenvalue weighted by Gasteiger charge is -1.97. The van der Waals surface area contributed by atoms with E-state index in [1.54, 1.807) is 24.4 Å². The molecule has 106 valence electrons. The monoisotopic (exact) mass is 304 g/mol. The summed E-state index contributed by atoms with van der Waals surface area (Å²) in [5.41, 5.74) is 0.830. The van der Waals surface area contributed by atoms with Gasteiger partial charge in [0.1, 0.15) is 0 Å². The van der Waals surface area contributed by atoms with Crippen molar-refractivity contribution in [3.05, 3.63) is 51.7 Å². The van der Waals surface area contributed by atoms with Crippen LogP contribution in [0.4, 0.5) is 4.39 Å². The molecule has 0 aliphatic carbocycles. The molecule has 0 saturated heterocycles. The fourth-order valence-electron chi connectivity index (χ4n) is 1.70. The predicted molar refractivity (Wildman–Crippen MR) is 75.7 cm³/mol. The van der Waals surface area contributed by atoms with E-state index in [9.17, 15) is 9.18 Å². The number of hydrogen-bond acceptors (Lipinski definition) is 6. The van der Waals surface area contributed by atoms with Crippen LogP contribution in [0, 0.1) is 5.13 Å². The smallest absolute Gasteiger partial charge is 0.363 e. The van der Waals surface area contributed by atoms with E-state index < -0.39 is 5.97 Å². The first-order valence-electron chi connectivity index (χ1n) is 5.94. The number of rotatable bonds is 3. The number of methoxy groups -OCH3 is 1. The summed E-state index contributed by atoms with van der Waals surface area (Å²) in [6.45, 7) is 0. The Labute approximate surface area is 123 Å². The molecular formula is C14H9FN2O3S. The van der Waals surface area contributed by atoms with Crippen molar-refractivity contribution >= 4 is 29.3 Å². The average Bonchev–Trinajstić information content (AvgIpc) is 3.07. The highest BCUT2D eigenvalue weighted by Crippen LogP contribution is 2.23. The standard InChI is InChI=1S/C14H9FN2O3S/c1-19-12-5-2-8(7-16-12)6-9-14(18)20-13(17-9)10-3-4-11(15)21-10/h2-7H,1H3/b9-6+. The molecule has 5 nitrogen and oxygen atoms in total. The van der Waals surface area contributed by atoms with Crippen molar-refractivity contribution in [2.75, 3.05) is 7.11 Å². The van der Waals surface area contributed by atoms with Gasteiger partial charge in [-0.1, -0.05) is 0 Å². The van der Waals surface area contributed by atoms with Crippen LogP contribution in [0.2, 0.25) is 0 Å². The molecule has 1 aliphatic rings. The van der Waals surface area contributed by atoms with Crippen LogP contribution in [-0.2, 0) is 9.53 Å². The molecule has 0 saturated carbocycles. The fourth-order valence-corrected chi connectivity index (χ4v) is 2.36. The quantitative estimate of drug-likeness (QED) is 0.646. The van der Waals surface area contributed by atoms with Gasteiger partial charge in [0.15, 0.2) is 10.8 Å². The van der Waals surface area contributed by atoms with Gasteiger partial charge < -0.3 is 9.47 Å². The number of thiophene rings is 1. The third-order valence-corrected chi connectivity index (χ3v) is 3.54. The molecule has 0 bridgehead atoms. The number of carbonyl (C=O) groups excluding carboxylic acids is 1. The minimum Gasteiger partial charge on any atom is -0.481 e. The summed E-state index contributed by atoms with van der Waals surface area (Å²) in [7, 11) is 1.52. The zero-order valence-corrected chi connectivity index (χ0v) is 11.7. The molecule has 21 heavy (non-hydrogen) atoms. The molecule has 0 N–H and O–H groups in total. The van der Waals surface area contributed by atoms with Crippen LogP contribution < -0.4 is 4.74 Å². The minimum atomic E-state index is -0.574. The zero-order chi connectivity index (χ0) is 14.8. The number of halogens is 1. The summed E-state index contributed by atoms with van der Waals surface area (Å²) in [5.74, 6) is 0.0145. The number of esters is 1. The van der Waals surface area contributed by atoms with E-state index in [1.807, 2.05) is 0 Å². The summed E-state index contributed by atoms with van der Waals surface area (Å²) >= 11 is 0.870.